The summed E-state index contributed by atoms with van der Waals surface area (Å²) < 4.78 is 13.7. The van der Waals surface area contributed by atoms with Gasteiger partial charge < -0.3 is 5.73 Å². The molecule has 2 N–H and O–H groups in total. The second-order valence-electron chi connectivity index (χ2n) is 4.40. The molecule has 0 amide bonds. The van der Waals surface area contributed by atoms with E-state index in [0.29, 0.717) is 17.0 Å². The quantitative estimate of drug-likeness (QED) is 0.889. The van der Waals surface area contributed by atoms with Crippen LogP contribution in [0.5, 0.6) is 0 Å². The van der Waals surface area contributed by atoms with E-state index < -0.39 is 0 Å². The van der Waals surface area contributed by atoms with Crippen molar-refractivity contribution < 1.29 is 4.39 Å². The van der Waals surface area contributed by atoms with Crippen molar-refractivity contribution in [2.45, 2.75) is 19.4 Å². The lowest BCUT2D eigenvalue weighted by Gasteiger charge is -2.15. The average Bonchev–Trinajstić information content (AvgIpc) is 2.33. The van der Waals surface area contributed by atoms with E-state index in [1.807, 2.05) is 31.2 Å². The maximum atomic E-state index is 13.7. The van der Waals surface area contributed by atoms with Gasteiger partial charge >= 0.3 is 0 Å². The maximum Gasteiger partial charge on any atom is 0.127 e. The first-order valence-corrected chi connectivity index (χ1v) is 6.21. The van der Waals surface area contributed by atoms with Crippen LogP contribution in [0.3, 0.4) is 0 Å². The van der Waals surface area contributed by atoms with E-state index >= 15 is 0 Å². The molecule has 1 atom stereocenters. The molecule has 0 heterocycles. The normalized spacial score (nSPS) is 12.4. The maximum absolute atomic E-state index is 13.7. The Morgan fingerprint density at radius 3 is 2.61 bits per heavy atom. The van der Waals surface area contributed by atoms with Crippen LogP contribution in [0.1, 0.15) is 22.7 Å². The number of halogens is 2. The van der Waals surface area contributed by atoms with Crippen LogP contribution < -0.4 is 5.73 Å². The van der Waals surface area contributed by atoms with Crippen molar-refractivity contribution in [3.05, 3.63) is 70.0 Å². The average molecular weight is 264 g/mol. The van der Waals surface area contributed by atoms with Gasteiger partial charge in [-0.25, -0.2) is 4.39 Å². The first-order chi connectivity index (χ1) is 8.58. The minimum absolute atomic E-state index is 0.207. The van der Waals surface area contributed by atoms with Gasteiger partial charge in [0.25, 0.3) is 0 Å². The van der Waals surface area contributed by atoms with Crippen molar-refractivity contribution in [1.82, 2.24) is 0 Å². The van der Waals surface area contributed by atoms with Crippen LogP contribution in [0, 0.1) is 12.7 Å². The van der Waals surface area contributed by atoms with Crippen LogP contribution in [-0.4, -0.2) is 0 Å². The smallest absolute Gasteiger partial charge is 0.127 e. The Balaban J connectivity index is 2.21. The van der Waals surface area contributed by atoms with Gasteiger partial charge in [-0.2, -0.15) is 0 Å². The molecule has 0 saturated heterocycles. The summed E-state index contributed by atoms with van der Waals surface area (Å²) in [6, 6.07) is 12.4. The fraction of sp³-hybridized carbons (Fsp3) is 0.200. The third-order valence-corrected chi connectivity index (χ3v) is 3.28. The number of nitrogens with two attached hydrogens (primary N) is 1. The minimum atomic E-state index is -0.300. The minimum Gasteiger partial charge on any atom is -0.324 e. The van der Waals surface area contributed by atoms with Crippen LogP contribution >= 0.6 is 11.6 Å². The molecule has 2 aromatic carbocycles. The molecule has 1 unspecified atom stereocenters. The van der Waals surface area contributed by atoms with E-state index in [-0.39, 0.29) is 11.9 Å². The standard InChI is InChI=1S/C15H15ClFN/c1-10-4-2-3-5-13(10)15(18)8-11-6-7-12(16)9-14(11)17/h2-7,9,15H,8,18H2,1H3. The molecule has 0 bridgehead atoms. The molecular formula is C15H15ClFN. The third kappa shape index (κ3) is 2.89. The van der Waals surface area contributed by atoms with E-state index in [2.05, 4.69) is 0 Å². The molecule has 0 radical (unpaired) electrons. The Hall–Kier alpha value is -1.38. The molecule has 2 aromatic rings. The number of aryl methyl sites for hydroxylation is 1. The van der Waals surface area contributed by atoms with Gasteiger partial charge in [0.15, 0.2) is 0 Å². The molecule has 0 saturated carbocycles. The van der Waals surface area contributed by atoms with Crippen molar-refractivity contribution in [3.8, 4) is 0 Å². The Kier molecular flexibility index (Phi) is 4.00. The summed E-state index contributed by atoms with van der Waals surface area (Å²) in [7, 11) is 0. The lowest BCUT2D eigenvalue weighted by atomic mass is 9.96. The molecule has 1 nitrogen and oxygen atoms in total. The SMILES string of the molecule is Cc1ccccc1C(N)Cc1ccc(Cl)cc1F. The predicted octanol–water partition coefficient (Wildman–Crippen LogP) is 4.03. The van der Waals surface area contributed by atoms with E-state index in [1.165, 1.54) is 6.07 Å². The van der Waals surface area contributed by atoms with E-state index in [1.54, 1.807) is 12.1 Å². The number of hydrogen-bond acceptors (Lipinski definition) is 1. The topological polar surface area (TPSA) is 26.0 Å². The van der Waals surface area contributed by atoms with Crippen molar-refractivity contribution in [2.75, 3.05) is 0 Å². The van der Waals surface area contributed by atoms with Crippen molar-refractivity contribution in [1.29, 1.82) is 0 Å². The number of benzene rings is 2. The zero-order chi connectivity index (χ0) is 13.1. The first-order valence-electron chi connectivity index (χ1n) is 5.83. The van der Waals surface area contributed by atoms with Crippen molar-refractivity contribution in [2.24, 2.45) is 5.73 Å². The molecular weight excluding hydrogens is 249 g/mol. The fourth-order valence-electron chi connectivity index (χ4n) is 2.04. The Bertz CT molecular complexity index is 554. The zero-order valence-electron chi connectivity index (χ0n) is 10.2. The monoisotopic (exact) mass is 263 g/mol. The summed E-state index contributed by atoms with van der Waals surface area (Å²) in [5.74, 6) is -0.300. The van der Waals surface area contributed by atoms with Gasteiger partial charge in [-0.05, 0) is 42.2 Å². The predicted molar refractivity (Wildman–Crippen MR) is 73.2 cm³/mol. The van der Waals surface area contributed by atoms with Crippen LogP contribution in [0.2, 0.25) is 5.02 Å². The summed E-state index contributed by atoms with van der Waals surface area (Å²) in [4.78, 5) is 0. The van der Waals surface area contributed by atoms with Gasteiger partial charge in [0.1, 0.15) is 5.82 Å². The highest BCUT2D eigenvalue weighted by molar-refractivity contribution is 6.30. The van der Waals surface area contributed by atoms with Crippen molar-refractivity contribution in [3.63, 3.8) is 0 Å². The fourth-order valence-corrected chi connectivity index (χ4v) is 2.20. The van der Waals surface area contributed by atoms with Gasteiger partial charge in [0.2, 0.25) is 0 Å². The van der Waals surface area contributed by atoms with Gasteiger partial charge in [-0.15, -0.1) is 0 Å². The molecule has 0 aromatic heterocycles. The molecule has 0 aliphatic heterocycles. The first kappa shape index (κ1) is 13.1. The largest absolute Gasteiger partial charge is 0.324 e. The summed E-state index contributed by atoms with van der Waals surface area (Å²) in [6.07, 6.45) is 0.466. The van der Waals surface area contributed by atoms with Gasteiger partial charge in [0.05, 0.1) is 0 Å². The molecule has 94 valence electrons. The Morgan fingerprint density at radius 1 is 1.22 bits per heavy atom. The Morgan fingerprint density at radius 2 is 1.94 bits per heavy atom. The molecule has 3 heteroatoms. The molecule has 18 heavy (non-hydrogen) atoms. The summed E-state index contributed by atoms with van der Waals surface area (Å²) >= 11 is 5.72. The molecule has 2 rings (SSSR count). The summed E-state index contributed by atoms with van der Waals surface area (Å²) in [6.45, 7) is 2.01. The molecule has 0 spiro atoms. The summed E-state index contributed by atoms with van der Waals surface area (Å²) in [5, 5.41) is 0.403. The number of rotatable bonds is 3. The van der Waals surface area contributed by atoms with Gasteiger partial charge in [0, 0.05) is 11.1 Å². The molecule has 0 aliphatic carbocycles. The van der Waals surface area contributed by atoms with E-state index in [9.17, 15) is 4.39 Å². The van der Waals surface area contributed by atoms with Gasteiger partial charge in [-0.3, -0.25) is 0 Å². The summed E-state index contributed by atoms with van der Waals surface area (Å²) in [5.41, 5.74) is 8.90. The van der Waals surface area contributed by atoms with E-state index in [4.69, 9.17) is 17.3 Å². The van der Waals surface area contributed by atoms with Crippen molar-refractivity contribution >= 4 is 11.6 Å². The highest BCUT2D eigenvalue weighted by Gasteiger charge is 2.12. The van der Waals surface area contributed by atoms with Crippen LogP contribution in [0.4, 0.5) is 4.39 Å². The van der Waals surface area contributed by atoms with E-state index in [0.717, 1.165) is 11.1 Å². The number of hydrogen-bond donors (Lipinski definition) is 1. The Labute approximate surface area is 111 Å². The van der Waals surface area contributed by atoms with Gasteiger partial charge in [-0.1, -0.05) is 41.9 Å². The lowest BCUT2D eigenvalue weighted by molar-refractivity contribution is 0.593. The van der Waals surface area contributed by atoms with Crippen LogP contribution in [-0.2, 0) is 6.42 Å². The zero-order valence-corrected chi connectivity index (χ0v) is 10.9. The lowest BCUT2D eigenvalue weighted by Crippen LogP contribution is -2.15. The highest BCUT2D eigenvalue weighted by atomic mass is 35.5. The second-order valence-corrected chi connectivity index (χ2v) is 4.84. The molecule has 0 fully saturated rings. The third-order valence-electron chi connectivity index (χ3n) is 3.04. The second kappa shape index (κ2) is 5.51. The van der Waals surface area contributed by atoms with Crippen LogP contribution in [0.25, 0.3) is 0 Å². The van der Waals surface area contributed by atoms with Crippen LogP contribution in [0.15, 0.2) is 42.5 Å². The highest BCUT2D eigenvalue weighted by Crippen LogP contribution is 2.22. The molecule has 0 aliphatic rings.